The summed E-state index contributed by atoms with van der Waals surface area (Å²) in [5.41, 5.74) is 0.953. The Morgan fingerprint density at radius 1 is 1.00 bits per heavy atom. The molecule has 0 saturated carbocycles. The zero-order chi connectivity index (χ0) is 16.5. The van der Waals surface area contributed by atoms with Crippen LogP contribution in [-0.2, 0) is 11.3 Å². The maximum Gasteiger partial charge on any atom is 0.293 e. The van der Waals surface area contributed by atoms with Crippen LogP contribution < -0.4 is 0 Å². The van der Waals surface area contributed by atoms with Gasteiger partial charge in [-0.15, -0.1) is 0 Å². The summed E-state index contributed by atoms with van der Waals surface area (Å²) >= 11 is 0.943. The van der Waals surface area contributed by atoms with Gasteiger partial charge in [-0.1, -0.05) is 42.5 Å². The predicted octanol–water partition coefficient (Wildman–Crippen LogP) is 4.67. The van der Waals surface area contributed by atoms with Crippen LogP contribution >= 0.6 is 11.8 Å². The van der Waals surface area contributed by atoms with Gasteiger partial charge in [-0.2, -0.15) is 0 Å². The lowest BCUT2D eigenvalue weighted by Gasteiger charge is -2.14. The molecule has 0 atom stereocenters. The molecular weight excluding hydrogens is 322 g/mol. The number of imide groups is 1. The molecule has 0 aliphatic carbocycles. The molecule has 0 N–H and O–H groups in total. The van der Waals surface area contributed by atoms with E-state index in [1.165, 1.54) is 11.2 Å². The summed E-state index contributed by atoms with van der Waals surface area (Å²) in [4.78, 5) is 26.5. The second-order valence-corrected chi connectivity index (χ2v) is 6.41. The lowest BCUT2D eigenvalue weighted by molar-refractivity contribution is -0.123. The minimum atomic E-state index is -0.283. The van der Waals surface area contributed by atoms with E-state index in [0.717, 1.165) is 28.1 Å². The van der Waals surface area contributed by atoms with E-state index >= 15 is 0 Å². The van der Waals surface area contributed by atoms with Gasteiger partial charge in [0.05, 0.1) is 17.7 Å². The van der Waals surface area contributed by atoms with Crippen molar-refractivity contribution in [2.24, 2.45) is 0 Å². The Balaban J connectivity index is 1.65. The van der Waals surface area contributed by atoms with Crippen molar-refractivity contribution in [2.75, 3.05) is 0 Å². The highest BCUT2D eigenvalue weighted by Crippen LogP contribution is 2.34. The first-order valence-corrected chi connectivity index (χ1v) is 8.29. The fraction of sp³-hybridized carbons (Fsp3) is 0.0526. The Morgan fingerprint density at radius 3 is 2.67 bits per heavy atom. The van der Waals surface area contributed by atoms with Crippen molar-refractivity contribution in [1.29, 1.82) is 0 Å². The molecule has 1 fully saturated rings. The summed E-state index contributed by atoms with van der Waals surface area (Å²) in [7, 11) is 0. The number of benzene rings is 2. The van der Waals surface area contributed by atoms with Gasteiger partial charge < -0.3 is 4.42 Å². The van der Waals surface area contributed by atoms with Crippen LogP contribution in [0.15, 0.2) is 70.2 Å². The van der Waals surface area contributed by atoms with Crippen molar-refractivity contribution in [1.82, 2.24) is 4.90 Å². The number of nitrogens with zero attached hydrogens (tertiary/aromatic N) is 1. The number of furan rings is 1. The number of rotatable bonds is 3. The summed E-state index contributed by atoms with van der Waals surface area (Å²) in [5.74, 6) is 0.278. The fourth-order valence-corrected chi connectivity index (χ4v) is 3.56. The molecule has 2 aromatic carbocycles. The van der Waals surface area contributed by atoms with Gasteiger partial charge in [0.15, 0.2) is 0 Å². The minimum Gasteiger partial charge on any atom is -0.465 e. The van der Waals surface area contributed by atoms with Gasteiger partial charge in [0.1, 0.15) is 5.76 Å². The lowest BCUT2D eigenvalue weighted by atomic mass is 10.0. The smallest absolute Gasteiger partial charge is 0.293 e. The number of hydrogen-bond donors (Lipinski definition) is 0. The summed E-state index contributed by atoms with van der Waals surface area (Å²) in [6.45, 7) is 0.265. The maximum atomic E-state index is 12.6. The lowest BCUT2D eigenvalue weighted by Crippen LogP contribution is -2.27. The summed E-state index contributed by atoms with van der Waals surface area (Å²) in [6.07, 6.45) is 3.14. The Kier molecular flexibility index (Phi) is 3.70. The molecule has 0 bridgehead atoms. The second kappa shape index (κ2) is 6.02. The van der Waals surface area contributed by atoms with Crippen LogP contribution in [0.3, 0.4) is 0 Å². The number of hydrogen-bond acceptors (Lipinski definition) is 4. The zero-order valence-corrected chi connectivity index (χ0v) is 13.5. The van der Waals surface area contributed by atoms with Crippen molar-refractivity contribution in [3.05, 3.63) is 77.1 Å². The zero-order valence-electron chi connectivity index (χ0n) is 12.6. The highest BCUT2D eigenvalue weighted by molar-refractivity contribution is 8.18. The first-order valence-electron chi connectivity index (χ1n) is 7.48. The first-order chi connectivity index (χ1) is 11.7. The Morgan fingerprint density at radius 2 is 1.83 bits per heavy atom. The van der Waals surface area contributed by atoms with Crippen LogP contribution in [0.25, 0.3) is 16.8 Å². The molecule has 2 heterocycles. The van der Waals surface area contributed by atoms with Gasteiger partial charge in [0.2, 0.25) is 0 Å². The third-order valence-corrected chi connectivity index (χ3v) is 4.81. The van der Waals surface area contributed by atoms with Crippen molar-refractivity contribution >= 4 is 39.8 Å². The number of carbonyl (C=O) groups excluding carboxylic acids is 2. The Hall–Kier alpha value is -2.79. The molecule has 1 saturated heterocycles. The molecule has 1 aliphatic heterocycles. The Bertz CT molecular complexity index is 954. The van der Waals surface area contributed by atoms with Crippen LogP contribution in [0, 0.1) is 0 Å². The summed E-state index contributed by atoms with van der Waals surface area (Å²) in [6, 6.07) is 17.3. The summed E-state index contributed by atoms with van der Waals surface area (Å²) in [5, 5.41) is 1.88. The van der Waals surface area contributed by atoms with E-state index in [9.17, 15) is 9.59 Å². The van der Waals surface area contributed by atoms with Gasteiger partial charge in [0, 0.05) is 6.08 Å². The van der Waals surface area contributed by atoms with E-state index in [1.807, 2.05) is 42.5 Å². The molecule has 0 unspecified atom stereocenters. The topological polar surface area (TPSA) is 50.5 Å². The third kappa shape index (κ3) is 2.63. The van der Waals surface area contributed by atoms with Gasteiger partial charge in [-0.25, -0.2) is 0 Å². The number of thioether (sulfide) groups is 1. The number of carbonyl (C=O) groups is 2. The van der Waals surface area contributed by atoms with E-state index in [1.54, 1.807) is 18.2 Å². The normalized spacial score (nSPS) is 16.5. The van der Waals surface area contributed by atoms with Crippen LogP contribution in [-0.4, -0.2) is 16.0 Å². The SMILES string of the molecule is O=C1S/C(=C\c2ccco2)C(=O)N1Cc1cccc2ccccc12. The molecule has 3 aromatic rings. The van der Waals surface area contributed by atoms with E-state index in [4.69, 9.17) is 4.42 Å². The standard InChI is InChI=1S/C19H13NO3S/c21-18-17(11-15-8-4-10-23-15)24-19(22)20(18)12-14-7-3-6-13-5-1-2-9-16(13)14/h1-11H,12H2/b17-11-. The molecule has 1 aromatic heterocycles. The Labute approximate surface area is 142 Å². The maximum absolute atomic E-state index is 12.6. The average molecular weight is 335 g/mol. The minimum absolute atomic E-state index is 0.259. The largest absolute Gasteiger partial charge is 0.465 e. The molecule has 0 radical (unpaired) electrons. The van der Waals surface area contributed by atoms with Crippen LogP contribution in [0.5, 0.6) is 0 Å². The predicted molar refractivity (Wildman–Crippen MR) is 94.2 cm³/mol. The molecule has 1 aliphatic rings. The molecule has 4 rings (SSSR count). The van der Waals surface area contributed by atoms with Gasteiger partial charge in [-0.05, 0) is 40.2 Å². The molecule has 24 heavy (non-hydrogen) atoms. The van der Waals surface area contributed by atoms with Crippen molar-refractivity contribution in [3.63, 3.8) is 0 Å². The average Bonchev–Trinajstić information content (AvgIpc) is 3.19. The van der Waals surface area contributed by atoms with Crippen molar-refractivity contribution < 1.29 is 14.0 Å². The monoisotopic (exact) mass is 335 g/mol. The highest BCUT2D eigenvalue weighted by atomic mass is 32.2. The van der Waals surface area contributed by atoms with E-state index in [0.29, 0.717) is 10.7 Å². The fourth-order valence-electron chi connectivity index (χ4n) is 2.74. The second-order valence-electron chi connectivity index (χ2n) is 5.42. The third-order valence-electron chi connectivity index (χ3n) is 3.90. The number of amides is 2. The summed E-state index contributed by atoms with van der Waals surface area (Å²) < 4.78 is 5.22. The van der Waals surface area contributed by atoms with Crippen LogP contribution in [0.1, 0.15) is 11.3 Å². The molecule has 118 valence electrons. The van der Waals surface area contributed by atoms with Gasteiger partial charge in [0.25, 0.3) is 11.1 Å². The number of fused-ring (bicyclic) bond motifs is 1. The van der Waals surface area contributed by atoms with Crippen LogP contribution in [0.2, 0.25) is 0 Å². The molecule has 0 spiro atoms. The van der Waals surface area contributed by atoms with Crippen LogP contribution in [0.4, 0.5) is 4.79 Å². The molecular formula is C19H13NO3S. The highest BCUT2D eigenvalue weighted by Gasteiger charge is 2.35. The van der Waals surface area contributed by atoms with Gasteiger partial charge in [-0.3, -0.25) is 14.5 Å². The molecule has 2 amide bonds. The van der Waals surface area contributed by atoms with Crippen molar-refractivity contribution in [2.45, 2.75) is 6.54 Å². The molecule has 5 heteroatoms. The first kappa shape index (κ1) is 14.8. The van der Waals surface area contributed by atoms with E-state index < -0.39 is 0 Å². The van der Waals surface area contributed by atoms with Gasteiger partial charge >= 0.3 is 0 Å². The van der Waals surface area contributed by atoms with Crippen molar-refractivity contribution in [3.8, 4) is 0 Å². The van der Waals surface area contributed by atoms with E-state index in [2.05, 4.69) is 0 Å². The van der Waals surface area contributed by atoms with E-state index in [-0.39, 0.29) is 17.7 Å². The molecule has 4 nitrogen and oxygen atoms in total. The quantitative estimate of drug-likeness (QED) is 0.653.